The molecule has 2 heterocycles. The summed E-state index contributed by atoms with van der Waals surface area (Å²) >= 11 is 1.75. The Balaban J connectivity index is 1.46. The van der Waals surface area contributed by atoms with Gasteiger partial charge in [0.15, 0.2) is 5.69 Å². The highest BCUT2D eigenvalue weighted by molar-refractivity contribution is 7.99. The van der Waals surface area contributed by atoms with Crippen molar-refractivity contribution in [3.05, 3.63) is 47.3 Å². The number of thioether (sulfide) groups is 1. The highest BCUT2D eigenvalue weighted by Crippen LogP contribution is 2.18. The topological polar surface area (TPSA) is 96.2 Å². The van der Waals surface area contributed by atoms with Crippen LogP contribution in [0.3, 0.4) is 0 Å². The first-order valence-corrected chi connectivity index (χ1v) is 9.53. The van der Waals surface area contributed by atoms with Crippen LogP contribution >= 0.6 is 11.8 Å². The van der Waals surface area contributed by atoms with Gasteiger partial charge in [-0.3, -0.25) is 14.3 Å². The lowest BCUT2D eigenvalue weighted by Gasteiger charge is -2.06. The third-order valence-corrected chi connectivity index (χ3v) is 5.12. The molecule has 1 aromatic heterocycles. The van der Waals surface area contributed by atoms with Gasteiger partial charge in [0.25, 0.3) is 11.8 Å². The quantitative estimate of drug-likeness (QED) is 0.522. The molecule has 0 saturated carbocycles. The van der Waals surface area contributed by atoms with Crippen molar-refractivity contribution in [2.45, 2.75) is 30.9 Å². The van der Waals surface area contributed by atoms with E-state index >= 15 is 0 Å². The Morgan fingerprint density at radius 2 is 2.19 bits per heavy atom. The molecule has 3 N–H and O–H groups in total. The zero-order valence-electron chi connectivity index (χ0n) is 14.6. The Morgan fingerprint density at radius 1 is 1.42 bits per heavy atom. The molecule has 0 aliphatic carbocycles. The molecule has 0 fully saturated rings. The molecule has 1 aromatic carbocycles. The Bertz CT molecular complexity index is 788. The molecule has 3 rings (SSSR count). The third kappa shape index (κ3) is 4.64. The number of aliphatic hydroxyl groups is 1. The van der Waals surface area contributed by atoms with Crippen LogP contribution in [0.25, 0.3) is 0 Å². The smallest absolute Gasteiger partial charge is 0.271 e. The van der Waals surface area contributed by atoms with Crippen molar-refractivity contribution in [1.29, 1.82) is 0 Å². The number of amides is 2. The zero-order valence-corrected chi connectivity index (χ0v) is 15.4. The average molecular weight is 374 g/mol. The number of benzene rings is 1. The Kier molecular flexibility index (Phi) is 5.95. The van der Waals surface area contributed by atoms with E-state index in [2.05, 4.69) is 46.9 Å². The number of carbonyl (C=O) groups excluding carboxylic acids is 2. The molecule has 2 aromatic rings. The van der Waals surface area contributed by atoms with E-state index in [1.165, 1.54) is 21.2 Å². The second-order valence-corrected chi connectivity index (χ2v) is 7.40. The molecule has 7 nitrogen and oxygen atoms in total. The van der Waals surface area contributed by atoms with Crippen molar-refractivity contribution < 1.29 is 14.7 Å². The maximum absolute atomic E-state index is 12.2. The number of nitrogens with zero attached hydrogens (tertiary/aromatic N) is 2. The maximum Gasteiger partial charge on any atom is 0.271 e. The molecule has 0 bridgehead atoms. The van der Waals surface area contributed by atoms with Crippen LogP contribution < -0.4 is 10.6 Å². The third-order valence-electron chi connectivity index (χ3n) is 4.02. The molecule has 0 spiro atoms. The maximum atomic E-state index is 12.2. The van der Waals surface area contributed by atoms with E-state index in [4.69, 9.17) is 0 Å². The molecule has 0 saturated heterocycles. The Hall–Kier alpha value is -2.32. The number of hydrogen-bond donors (Lipinski definition) is 3. The number of β-amino-alcohol motifs (C(OH)–C–C–N with tert-alkyl or cyclic N) is 1. The minimum atomic E-state index is -0.713. The highest BCUT2D eigenvalue weighted by atomic mass is 32.2. The van der Waals surface area contributed by atoms with Gasteiger partial charge in [-0.25, -0.2) is 0 Å². The van der Waals surface area contributed by atoms with Crippen LogP contribution in [0.4, 0.5) is 0 Å². The van der Waals surface area contributed by atoms with Crippen molar-refractivity contribution in [2.75, 3.05) is 18.8 Å². The number of aryl methyl sites for hydroxylation is 1. The van der Waals surface area contributed by atoms with Crippen molar-refractivity contribution in [3.8, 4) is 0 Å². The molecule has 8 heteroatoms. The summed E-state index contributed by atoms with van der Waals surface area (Å²) in [4.78, 5) is 25.4. The second kappa shape index (κ2) is 8.37. The lowest BCUT2D eigenvalue weighted by Crippen LogP contribution is -2.30. The number of rotatable bonds is 6. The Morgan fingerprint density at radius 3 is 2.96 bits per heavy atom. The molecule has 1 aliphatic rings. The molecular formula is C18H22N4O3S. The van der Waals surface area contributed by atoms with Crippen LogP contribution in [0.2, 0.25) is 0 Å². The van der Waals surface area contributed by atoms with Crippen LogP contribution in [-0.2, 0) is 6.54 Å². The normalized spacial score (nSPS) is 16.5. The van der Waals surface area contributed by atoms with E-state index in [0.717, 1.165) is 12.2 Å². The van der Waals surface area contributed by atoms with Gasteiger partial charge in [-0.2, -0.15) is 5.10 Å². The fourth-order valence-electron chi connectivity index (χ4n) is 2.60. The van der Waals surface area contributed by atoms with Crippen LogP contribution in [0.5, 0.6) is 0 Å². The van der Waals surface area contributed by atoms with Crippen molar-refractivity contribution in [2.24, 2.45) is 0 Å². The predicted octanol–water partition coefficient (Wildman–Crippen LogP) is 1.21. The van der Waals surface area contributed by atoms with Gasteiger partial charge in [0.05, 0.1) is 12.6 Å². The predicted molar refractivity (Wildman–Crippen MR) is 99.4 cm³/mol. The van der Waals surface area contributed by atoms with E-state index in [-0.39, 0.29) is 30.6 Å². The van der Waals surface area contributed by atoms with Crippen molar-refractivity contribution in [1.82, 2.24) is 20.4 Å². The monoisotopic (exact) mass is 374 g/mol. The zero-order chi connectivity index (χ0) is 18.5. The summed E-state index contributed by atoms with van der Waals surface area (Å²) in [5, 5.41) is 19.3. The van der Waals surface area contributed by atoms with Crippen LogP contribution in [-0.4, -0.2) is 51.6 Å². The number of hydrogen-bond acceptors (Lipinski definition) is 5. The number of nitrogens with one attached hydrogen (secondary N) is 2. The van der Waals surface area contributed by atoms with Gasteiger partial charge in [0, 0.05) is 24.1 Å². The average Bonchev–Trinajstić information content (AvgIpc) is 2.99. The van der Waals surface area contributed by atoms with Gasteiger partial charge in [0.2, 0.25) is 0 Å². The molecule has 1 unspecified atom stereocenters. The largest absolute Gasteiger partial charge is 0.389 e. The lowest BCUT2D eigenvalue weighted by molar-refractivity contribution is 0.0931. The minimum Gasteiger partial charge on any atom is -0.389 e. The molecular weight excluding hydrogens is 352 g/mol. The van der Waals surface area contributed by atoms with E-state index in [1.807, 2.05) is 0 Å². The first-order valence-electron chi connectivity index (χ1n) is 8.55. The standard InChI is InChI=1S/C18H22N4O3S/c1-12-3-5-14(6-4-12)26-8-2-7-19-17(24)15-9-16-18(25)20-10-13(23)11-22(16)21-15/h3-6,9,13,23H,2,7-8,10-11H2,1H3,(H,19,24)(H,20,25). The molecule has 1 atom stereocenters. The van der Waals surface area contributed by atoms with Gasteiger partial charge in [0.1, 0.15) is 5.69 Å². The summed E-state index contributed by atoms with van der Waals surface area (Å²) in [7, 11) is 0. The SMILES string of the molecule is Cc1ccc(SCCCNC(=O)c2cc3n(n2)CC(O)CNC3=O)cc1. The molecule has 0 radical (unpaired) electrons. The number of fused-ring (bicyclic) bond motifs is 1. The van der Waals surface area contributed by atoms with E-state index in [9.17, 15) is 14.7 Å². The first-order chi connectivity index (χ1) is 12.5. The summed E-state index contributed by atoms with van der Waals surface area (Å²) in [5.41, 5.74) is 1.72. The highest BCUT2D eigenvalue weighted by Gasteiger charge is 2.24. The van der Waals surface area contributed by atoms with E-state index < -0.39 is 6.10 Å². The lowest BCUT2D eigenvalue weighted by atomic mass is 10.2. The van der Waals surface area contributed by atoms with Gasteiger partial charge in [-0.05, 0) is 31.2 Å². The summed E-state index contributed by atoms with van der Waals surface area (Å²) < 4.78 is 1.38. The van der Waals surface area contributed by atoms with Gasteiger partial charge < -0.3 is 15.7 Å². The summed E-state index contributed by atoms with van der Waals surface area (Å²) in [6.07, 6.45) is 0.117. The minimum absolute atomic E-state index is 0.183. The fraction of sp³-hybridized carbons (Fsp3) is 0.389. The molecule has 1 aliphatic heterocycles. The fourth-order valence-corrected chi connectivity index (χ4v) is 3.46. The van der Waals surface area contributed by atoms with Crippen molar-refractivity contribution >= 4 is 23.6 Å². The van der Waals surface area contributed by atoms with Crippen LogP contribution in [0.15, 0.2) is 35.2 Å². The summed E-state index contributed by atoms with van der Waals surface area (Å²) in [6.45, 7) is 2.97. The van der Waals surface area contributed by atoms with E-state index in [0.29, 0.717) is 12.2 Å². The molecule has 2 amide bonds. The number of carbonyl (C=O) groups is 2. The first kappa shape index (κ1) is 18.5. The molecule has 26 heavy (non-hydrogen) atoms. The second-order valence-electron chi connectivity index (χ2n) is 6.23. The number of aliphatic hydroxyl groups excluding tert-OH is 1. The summed E-state index contributed by atoms with van der Waals surface area (Å²) in [5.74, 6) is 0.258. The Labute approximate surface area is 156 Å². The number of aromatic nitrogens is 2. The summed E-state index contributed by atoms with van der Waals surface area (Å²) in [6, 6.07) is 9.82. The van der Waals surface area contributed by atoms with Gasteiger partial charge >= 0.3 is 0 Å². The van der Waals surface area contributed by atoms with E-state index in [1.54, 1.807) is 11.8 Å². The van der Waals surface area contributed by atoms with Crippen LogP contribution in [0, 0.1) is 6.92 Å². The molecule has 138 valence electrons. The van der Waals surface area contributed by atoms with Gasteiger partial charge in [-0.1, -0.05) is 17.7 Å². The van der Waals surface area contributed by atoms with Gasteiger partial charge in [-0.15, -0.1) is 11.8 Å². The van der Waals surface area contributed by atoms with Crippen molar-refractivity contribution in [3.63, 3.8) is 0 Å². The van der Waals surface area contributed by atoms with Crippen LogP contribution in [0.1, 0.15) is 33.0 Å².